The molecule has 1 atom stereocenters. The Balaban J connectivity index is 1.25. The number of hydrogen-bond acceptors (Lipinski definition) is 5. The van der Waals surface area contributed by atoms with Gasteiger partial charge in [-0.15, -0.1) is 0 Å². The minimum atomic E-state index is -5.35. The fraction of sp³-hybridized carbons (Fsp3) is 0.278. The van der Waals surface area contributed by atoms with E-state index in [1.165, 1.54) is 29.2 Å². The van der Waals surface area contributed by atoms with E-state index in [1.807, 2.05) is 54.6 Å². The molecule has 2 aliphatic rings. The molecule has 1 aliphatic heterocycles. The van der Waals surface area contributed by atoms with Crippen molar-refractivity contribution in [1.82, 2.24) is 9.79 Å². The summed E-state index contributed by atoms with van der Waals surface area (Å²) in [6.07, 6.45) is 4.37. The highest BCUT2D eigenvalue weighted by Gasteiger charge is 2.48. The number of nitrogens with one attached hydrogen (secondary N) is 1. The van der Waals surface area contributed by atoms with E-state index < -0.39 is 68.4 Å². The third kappa shape index (κ3) is 7.00. The molecule has 0 unspecified atom stereocenters. The molecule has 2 fully saturated rings. The second kappa shape index (κ2) is 14.7. The van der Waals surface area contributed by atoms with E-state index in [9.17, 15) is 40.0 Å². The van der Waals surface area contributed by atoms with Crippen molar-refractivity contribution in [2.45, 2.75) is 62.1 Å². The number of hydroxylamine groups is 1. The molecule has 14 heteroatoms. The minimum absolute atomic E-state index is 0.0532. The fourth-order valence-corrected chi connectivity index (χ4v) is 7.99. The van der Waals surface area contributed by atoms with Crippen LogP contribution in [0.25, 0.3) is 0 Å². The second-order valence-electron chi connectivity index (χ2n) is 12.2. The van der Waals surface area contributed by atoms with E-state index in [0.717, 1.165) is 36.8 Å². The third-order valence-corrected chi connectivity index (χ3v) is 11.0. The number of benzene rings is 4. The highest BCUT2D eigenvalue weighted by Crippen LogP contribution is 2.36. The van der Waals surface area contributed by atoms with Crippen molar-refractivity contribution in [2.24, 2.45) is 0 Å². The second-order valence-corrected chi connectivity index (χ2v) is 14.0. The van der Waals surface area contributed by atoms with E-state index in [2.05, 4.69) is 5.48 Å². The lowest BCUT2D eigenvalue weighted by atomic mass is 9.96. The van der Waals surface area contributed by atoms with E-state index in [0.29, 0.717) is 15.8 Å². The van der Waals surface area contributed by atoms with Gasteiger partial charge < -0.3 is 4.90 Å². The standard InChI is InChI=1S/C36H32F5N3O5S/c37-29-30(38)32(40)34(33(41)31(29)39)50(47,48)44-19-18-28(44)36(46)43(20-22-10-12-25(13-11-22)24-8-4-5-9-24)27-16-14-26(15-17-27)35(45)42-49-21-23-6-2-1-3-7-23/h1-3,6-7,10-17,24,28H,4-5,8-9,18-21H2,(H,42,45)/t28-/m1/s1. The van der Waals surface area contributed by atoms with Gasteiger partial charge in [0.1, 0.15) is 6.04 Å². The number of nitrogens with zero attached hydrogens (tertiary/aromatic N) is 2. The van der Waals surface area contributed by atoms with Crippen LogP contribution in [0.5, 0.6) is 0 Å². The summed E-state index contributed by atoms with van der Waals surface area (Å²) in [4.78, 5) is 31.3. The van der Waals surface area contributed by atoms with E-state index in [-0.39, 0.29) is 30.8 Å². The van der Waals surface area contributed by atoms with Crippen molar-refractivity contribution in [3.63, 3.8) is 0 Å². The van der Waals surface area contributed by atoms with Gasteiger partial charge >= 0.3 is 0 Å². The molecule has 6 rings (SSSR count). The molecule has 0 spiro atoms. The van der Waals surface area contributed by atoms with Crippen LogP contribution in [0.15, 0.2) is 83.8 Å². The van der Waals surface area contributed by atoms with Crippen LogP contribution >= 0.6 is 0 Å². The number of carbonyl (C=O) groups excluding carboxylic acids is 2. The number of amides is 2. The maximum Gasteiger partial charge on any atom is 0.274 e. The maximum atomic E-state index is 14.6. The number of rotatable bonds is 11. The molecule has 4 aromatic rings. The summed E-state index contributed by atoms with van der Waals surface area (Å²) in [5.41, 5.74) is 5.48. The molecule has 8 nitrogen and oxygen atoms in total. The van der Waals surface area contributed by atoms with Gasteiger partial charge in [-0.2, -0.15) is 4.31 Å². The highest BCUT2D eigenvalue weighted by molar-refractivity contribution is 7.89. The van der Waals surface area contributed by atoms with Gasteiger partial charge in [-0.25, -0.2) is 35.8 Å². The van der Waals surface area contributed by atoms with Gasteiger partial charge in [-0.05, 0) is 66.1 Å². The SMILES string of the molecule is O=C(NOCc1ccccc1)c1ccc(N(Cc2ccc(C3CCCC3)cc2)C(=O)[C@H]2CCN2S(=O)(=O)c2c(F)c(F)c(F)c(F)c2F)cc1. The Hall–Kier alpha value is -4.66. The van der Waals surface area contributed by atoms with Gasteiger partial charge in [0.2, 0.25) is 21.7 Å². The average molecular weight is 714 g/mol. The van der Waals surface area contributed by atoms with Gasteiger partial charge in [0.25, 0.3) is 5.91 Å². The van der Waals surface area contributed by atoms with Gasteiger partial charge in [0.15, 0.2) is 28.2 Å². The maximum absolute atomic E-state index is 14.6. The molecular formula is C36H32F5N3O5S. The van der Waals surface area contributed by atoms with Crippen LogP contribution in [0.1, 0.15) is 65.1 Å². The Kier molecular flexibility index (Phi) is 10.3. The summed E-state index contributed by atoms with van der Waals surface area (Å²) in [5.74, 6) is -13.3. The van der Waals surface area contributed by atoms with Crippen molar-refractivity contribution in [2.75, 3.05) is 11.4 Å². The van der Waals surface area contributed by atoms with E-state index in [4.69, 9.17) is 4.84 Å². The summed E-state index contributed by atoms with van der Waals surface area (Å²) in [6, 6.07) is 21.1. The van der Waals surface area contributed by atoms with E-state index in [1.54, 1.807) is 0 Å². The number of hydrogen-bond donors (Lipinski definition) is 1. The zero-order chi connectivity index (χ0) is 35.6. The monoisotopic (exact) mass is 713 g/mol. The summed E-state index contributed by atoms with van der Waals surface area (Å²) < 4.78 is 97.9. The van der Waals surface area contributed by atoms with Crippen molar-refractivity contribution in [1.29, 1.82) is 0 Å². The Labute approximate surface area is 285 Å². The first-order valence-corrected chi connectivity index (χ1v) is 17.4. The molecule has 4 aromatic carbocycles. The molecule has 1 saturated heterocycles. The van der Waals surface area contributed by atoms with Crippen LogP contribution in [0.3, 0.4) is 0 Å². The first-order valence-electron chi connectivity index (χ1n) is 16.0. The lowest BCUT2D eigenvalue weighted by Crippen LogP contribution is -2.59. The van der Waals surface area contributed by atoms with Gasteiger partial charge in [0.05, 0.1) is 13.2 Å². The Morgan fingerprint density at radius 1 is 0.760 bits per heavy atom. The molecule has 1 aliphatic carbocycles. The summed E-state index contributed by atoms with van der Waals surface area (Å²) >= 11 is 0. The van der Waals surface area contributed by atoms with Crippen LogP contribution in [-0.2, 0) is 32.8 Å². The Morgan fingerprint density at radius 2 is 1.36 bits per heavy atom. The molecule has 2 amide bonds. The topological polar surface area (TPSA) is 96.0 Å². The quantitative estimate of drug-likeness (QED) is 0.0791. The predicted molar refractivity (Wildman–Crippen MR) is 173 cm³/mol. The Bertz CT molecular complexity index is 1960. The molecule has 1 heterocycles. The van der Waals surface area contributed by atoms with Gasteiger partial charge in [0, 0.05) is 17.8 Å². The summed E-state index contributed by atoms with van der Waals surface area (Å²) in [7, 11) is -5.35. The highest BCUT2D eigenvalue weighted by atomic mass is 32.2. The largest absolute Gasteiger partial charge is 0.307 e. The van der Waals surface area contributed by atoms with Crippen LogP contribution < -0.4 is 10.4 Å². The number of anilines is 1. The zero-order valence-corrected chi connectivity index (χ0v) is 27.4. The third-order valence-electron chi connectivity index (χ3n) is 9.09. The molecule has 1 saturated carbocycles. The molecule has 50 heavy (non-hydrogen) atoms. The molecule has 0 bridgehead atoms. The molecule has 0 radical (unpaired) electrons. The Morgan fingerprint density at radius 3 is 1.94 bits per heavy atom. The number of carbonyl (C=O) groups is 2. The van der Waals surface area contributed by atoms with Crippen LogP contribution in [0.2, 0.25) is 0 Å². The molecule has 0 aromatic heterocycles. The van der Waals surface area contributed by atoms with Gasteiger partial charge in [-0.3, -0.25) is 14.4 Å². The van der Waals surface area contributed by atoms with Crippen molar-refractivity contribution in [3.05, 3.63) is 130 Å². The van der Waals surface area contributed by atoms with Crippen molar-refractivity contribution >= 4 is 27.5 Å². The van der Waals surface area contributed by atoms with Crippen molar-refractivity contribution in [3.8, 4) is 0 Å². The number of halogens is 5. The number of sulfonamides is 1. The zero-order valence-electron chi connectivity index (χ0n) is 26.6. The fourth-order valence-electron chi connectivity index (χ4n) is 6.25. The molecule has 262 valence electrons. The minimum Gasteiger partial charge on any atom is -0.307 e. The lowest BCUT2D eigenvalue weighted by Gasteiger charge is -2.41. The normalized spacial score (nSPS) is 16.6. The molecular weight excluding hydrogens is 681 g/mol. The smallest absolute Gasteiger partial charge is 0.274 e. The summed E-state index contributed by atoms with van der Waals surface area (Å²) in [6.45, 7) is -0.328. The van der Waals surface area contributed by atoms with Crippen LogP contribution in [-0.4, -0.2) is 37.1 Å². The van der Waals surface area contributed by atoms with Gasteiger partial charge in [-0.1, -0.05) is 67.4 Å². The van der Waals surface area contributed by atoms with Crippen LogP contribution in [0.4, 0.5) is 27.6 Å². The lowest BCUT2D eigenvalue weighted by molar-refractivity contribution is -0.125. The molecule has 1 N–H and O–H groups in total. The summed E-state index contributed by atoms with van der Waals surface area (Å²) in [5, 5.41) is 0. The predicted octanol–water partition coefficient (Wildman–Crippen LogP) is 6.90. The first-order chi connectivity index (χ1) is 24.0. The van der Waals surface area contributed by atoms with Crippen molar-refractivity contribution < 1.29 is 44.8 Å². The van der Waals surface area contributed by atoms with Crippen LogP contribution in [0, 0.1) is 29.1 Å². The average Bonchev–Trinajstić information content (AvgIpc) is 3.64. The first kappa shape index (κ1) is 35.2. The van der Waals surface area contributed by atoms with E-state index >= 15 is 0 Å².